The van der Waals surface area contributed by atoms with Gasteiger partial charge in [0.15, 0.2) is 0 Å². The number of ether oxygens (including phenoxy) is 1. The summed E-state index contributed by atoms with van der Waals surface area (Å²) in [6, 6.07) is 10.4. The average Bonchev–Trinajstić information content (AvgIpc) is 3.60. The van der Waals surface area contributed by atoms with E-state index in [9.17, 15) is 13.6 Å². The molecular weight excluding hydrogens is 586 g/mol. The maximum atomic E-state index is 14.0. The molecule has 3 N–H and O–H groups in total. The maximum Gasteiger partial charge on any atom is 0.320 e. The van der Waals surface area contributed by atoms with E-state index in [1.54, 1.807) is 29.2 Å². The number of carbonyl (C=O) groups excluding carboxylic acids is 1. The Bertz CT molecular complexity index is 1600. The molecular formula is C30H34F2N10O3. The number of methoxy groups -OCH3 is 1. The zero-order chi connectivity index (χ0) is 31.3. The Hall–Kier alpha value is -4.57. The van der Waals surface area contributed by atoms with Crippen LogP contribution in [-0.4, -0.2) is 94.9 Å². The Kier molecular flexibility index (Phi) is 9.21. The van der Waals surface area contributed by atoms with Crippen molar-refractivity contribution in [2.24, 2.45) is 0 Å². The highest BCUT2D eigenvalue weighted by atomic mass is 19.1. The second-order valence-electron chi connectivity index (χ2n) is 10.7. The number of amides is 2. The minimum absolute atomic E-state index is 0.210. The molecule has 4 aromatic rings. The lowest BCUT2D eigenvalue weighted by Gasteiger charge is -2.27. The highest BCUT2D eigenvalue weighted by molar-refractivity contribution is 5.91. The lowest BCUT2D eigenvalue weighted by Crippen LogP contribution is -2.44. The maximum absolute atomic E-state index is 14.0. The molecule has 0 aliphatic carbocycles. The topological polar surface area (TPSA) is 135 Å². The number of nitrogens with one attached hydrogen (secondary N) is 3. The highest BCUT2D eigenvalue weighted by Crippen LogP contribution is 2.32. The van der Waals surface area contributed by atoms with E-state index in [1.807, 2.05) is 37.3 Å². The molecule has 2 aliphatic heterocycles. The van der Waals surface area contributed by atoms with E-state index in [2.05, 4.69) is 35.8 Å². The Balaban J connectivity index is 1.26. The van der Waals surface area contributed by atoms with Crippen molar-refractivity contribution in [1.29, 1.82) is 0 Å². The van der Waals surface area contributed by atoms with Crippen LogP contribution in [0.25, 0.3) is 16.9 Å². The van der Waals surface area contributed by atoms with E-state index < -0.39 is 30.1 Å². The molecule has 5 heterocycles. The minimum atomic E-state index is -0.980. The predicted octanol–water partition coefficient (Wildman–Crippen LogP) is 2.85. The number of carbonyl (C=O) groups is 1. The molecule has 0 saturated carbocycles. The van der Waals surface area contributed by atoms with E-state index in [-0.39, 0.29) is 12.1 Å². The molecule has 3 aromatic heterocycles. The first-order valence-electron chi connectivity index (χ1n) is 14.6. The molecule has 2 fully saturated rings. The van der Waals surface area contributed by atoms with Gasteiger partial charge in [-0.25, -0.2) is 19.4 Å². The largest absolute Gasteiger partial charge is 0.383 e. The summed E-state index contributed by atoms with van der Waals surface area (Å²) < 4.78 is 34.8. The highest BCUT2D eigenvalue weighted by Gasteiger charge is 2.37. The van der Waals surface area contributed by atoms with Gasteiger partial charge in [0, 0.05) is 69.9 Å². The van der Waals surface area contributed by atoms with Gasteiger partial charge in [0.25, 0.3) is 0 Å². The second-order valence-corrected chi connectivity index (χ2v) is 10.7. The molecule has 2 amide bonds. The molecule has 0 radical (unpaired) electrons. The number of hydrogen-bond acceptors (Lipinski definition) is 10. The fraction of sp³-hybridized carbons (Fsp3) is 0.367. The van der Waals surface area contributed by atoms with Crippen LogP contribution in [-0.2, 0) is 9.57 Å². The van der Waals surface area contributed by atoms with Crippen molar-refractivity contribution in [1.82, 2.24) is 40.4 Å². The van der Waals surface area contributed by atoms with Gasteiger partial charge in [-0.1, -0.05) is 18.2 Å². The third-order valence-electron chi connectivity index (χ3n) is 7.67. The van der Waals surface area contributed by atoms with E-state index in [0.29, 0.717) is 41.7 Å². The smallest absolute Gasteiger partial charge is 0.320 e. The van der Waals surface area contributed by atoms with Crippen LogP contribution >= 0.6 is 0 Å². The first-order chi connectivity index (χ1) is 21.9. The molecule has 15 heteroatoms. The zero-order valence-electron chi connectivity index (χ0n) is 24.9. The molecule has 6 rings (SSSR count). The van der Waals surface area contributed by atoms with Crippen molar-refractivity contribution >= 4 is 17.8 Å². The molecule has 236 valence electrons. The van der Waals surface area contributed by atoms with Crippen LogP contribution < -0.4 is 20.9 Å². The lowest BCUT2D eigenvalue weighted by atomic mass is 10.0. The van der Waals surface area contributed by atoms with Crippen molar-refractivity contribution in [2.45, 2.75) is 19.1 Å². The van der Waals surface area contributed by atoms with Crippen LogP contribution in [0.15, 0.2) is 54.9 Å². The summed E-state index contributed by atoms with van der Waals surface area (Å²) in [5.74, 6) is -0.869. The first-order valence-corrected chi connectivity index (χ1v) is 14.6. The number of para-hydroxylation sites is 1. The van der Waals surface area contributed by atoms with Gasteiger partial charge in [0.05, 0.1) is 18.3 Å². The number of pyridine rings is 1. The number of aromatic nitrogens is 5. The van der Waals surface area contributed by atoms with Gasteiger partial charge in [0.1, 0.15) is 17.6 Å². The van der Waals surface area contributed by atoms with Gasteiger partial charge in [-0.2, -0.15) is 23.9 Å². The van der Waals surface area contributed by atoms with Crippen LogP contribution in [0.2, 0.25) is 0 Å². The third kappa shape index (κ3) is 6.91. The van der Waals surface area contributed by atoms with Gasteiger partial charge in [-0.3, -0.25) is 10.2 Å². The monoisotopic (exact) mass is 620 g/mol. The number of nitrogens with zero attached hydrogens (tertiary/aromatic N) is 7. The van der Waals surface area contributed by atoms with Crippen LogP contribution in [0.3, 0.4) is 0 Å². The number of rotatable bonds is 9. The summed E-state index contributed by atoms with van der Waals surface area (Å²) in [5.41, 5.74) is 2.95. The van der Waals surface area contributed by atoms with E-state index in [1.165, 1.54) is 0 Å². The Morgan fingerprint density at radius 3 is 2.51 bits per heavy atom. The summed E-state index contributed by atoms with van der Waals surface area (Å²) >= 11 is 0. The first kappa shape index (κ1) is 30.5. The Morgan fingerprint density at radius 1 is 1.11 bits per heavy atom. The number of halogens is 2. The zero-order valence-corrected chi connectivity index (χ0v) is 24.9. The normalized spacial score (nSPS) is 18.7. The molecule has 0 spiro atoms. The van der Waals surface area contributed by atoms with Crippen molar-refractivity contribution < 1.29 is 23.1 Å². The standard InChI is InChI=1S/C30H34F2N10O3/c1-19-26(21-16-34-29(35-17-21)40-10-8-33-9-11-40)39-42(22-6-4-3-5-7-22)28(19)38-30(43)36-23-18-41(12-13-44-2)45-27(23)20-14-24(31)37-25(32)15-20/h3-7,14-17,23,27,33H,8-13,18H2,1-2H3,(H2,36,38,43)/t23-,27+/m1/s1. The number of hydrogen-bond donors (Lipinski definition) is 3. The van der Waals surface area contributed by atoms with Crippen LogP contribution in [0.1, 0.15) is 17.2 Å². The van der Waals surface area contributed by atoms with Crippen molar-refractivity contribution in [3.63, 3.8) is 0 Å². The third-order valence-corrected chi connectivity index (χ3v) is 7.67. The quantitative estimate of drug-likeness (QED) is 0.240. The molecule has 1 aromatic carbocycles. The Labute approximate surface area is 258 Å². The van der Waals surface area contributed by atoms with Crippen molar-refractivity contribution in [2.75, 3.05) is 63.2 Å². The van der Waals surface area contributed by atoms with Crippen molar-refractivity contribution in [3.05, 3.63) is 77.9 Å². The van der Waals surface area contributed by atoms with Crippen molar-refractivity contribution in [3.8, 4) is 16.9 Å². The summed E-state index contributed by atoms with van der Waals surface area (Å²) in [6.07, 6.45) is 2.61. The fourth-order valence-electron chi connectivity index (χ4n) is 5.45. The van der Waals surface area contributed by atoms with Gasteiger partial charge in [-0.05, 0) is 36.8 Å². The molecule has 2 saturated heterocycles. The molecule has 2 aliphatic rings. The summed E-state index contributed by atoms with van der Waals surface area (Å²) in [4.78, 5) is 34.0. The Morgan fingerprint density at radius 2 is 1.82 bits per heavy atom. The average molecular weight is 621 g/mol. The second kappa shape index (κ2) is 13.6. The summed E-state index contributed by atoms with van der Waals surface area (Å²) in [7, 11) is 1.56. The minimum Gasteiger partial charge on any atom is -0.383 e. The number of hydroxylamine groups is 2. The molecule has 0 unspecified atom stereocenters. The summed E-state index contributed by atoms with van der Waals surface area (Å²) in [6.45, 7) is 6.27. The van der Waals surface area contributed by atoms with Crippen LogP contribution in [0.5, 0.6) is 0 Å². The van der Waals surface area contributed by atoms with E-state index in [4.69, 9.17) is 14.7 Å². The lowest BCUT2D eigenvalue weighted by molar-refractivity contribution is -0.154. The van der Waals surface area contributed by atoms with Gasteiger partial charge in [0.2, 0.25) is 17.8 Å². The molecule has 13 nitrogen and oxygen atoms in total. The molecule has 0 bridgehead atoms. The number of piperazine rings is 1. The van der Waals surface area contributed by atoms with Crippen LogP contribution in [0.4, 0.5) is 25.3 Å². The van der Waals surface area contributed by atoms with Gasteiger partial charge >= 0.3 is 6.03 Å². The van der Waals surface area contributed by atoms with E-state index >= 15 is 0 Å². The molecule has 2 atom stereocenters. The SMILES string of the molecule is COCCN1C[C@@H](NC(=O)Nc2c(C)c(-c3cnc(N4CCNCC4)nc3)nn2-c2ccccc2)[C@H](c2cc(F)nc(F)c2)O1. The summed E-state index contributed by atoms with van der Waals surface area (Å²) in [5, 5.41) is 15.6. The predicted molar refractivity (Wildman–Crippen MR) is 162 cm³/mol. The van der Waals surface area contributed by atoms with Gasteiger partial charge in [-0.15, -0.1) is 0 Å². The molecule has 45 heavy (non-hydrogen) atoms. The number of benzene rings is 1. The number of anilines is 2. The fourth-order valence-corrected chi connectivity index (χ4v) is 5.45. The van der Waals surface area contributed by atoms with Gasteiger partial charge < -0.3 is 20.3 Å². The van der Waals surface area contributed by atoms with Crippen LogP contribution in [0, 0.1) is 18.8 Å². The van der Waals surface area contributed by atoms with E-state index in [0.717, 1.165) is 44.0 Å². The number of urea groups is 1.